The summed E-state index contributed by atoms with van der Waals surface area (Å²) < 4.78 is 25.0. The van der Waals surface area contributed by atoms with Gasteiger partial charge in [-0.15, -0.1) is 24.0 Å². The second kappa shape index (κ2) is 11.9. The van der Waals surface area contributed by atoms with Crippen molar-refractivity contribution in [2.45, 2.75) is 13.3 Å². The third-order valence-electron chi connectivity index (χ3n) is 2.96. The smallest absolute Gasteiger partial charge is 0.211 e. The van der Waals surface area contributed by atoms with E-state index in [1.807, 2.05) is 24.3 Å². The minimum atomic E-state index is -3.14. The van der Waals surface area contributed by atoms with Crippen molar-refractivity contribution in [3.63, 3.8) is 0 Å². The van der Waals surface area contributed by atoms with Gasteiger partial charge in [-0.05, 0) is 31.0 Å². The molecule has 0 atom stereocenters. The first kappa shape index (κ1) is 22.4. The van der Waals surface area contributed by atoms with Crippen LogP contribution in [0.3, 0.4) is 0 Å². The summed E-state index contributed by atoms with van der Waals surface area (Å²) in [4.78, 5) is 4.08. The van der Waals surface area contributed by atoms with Crippen molar-refractivity contribution in [2.75, 3.05) is 32.4 Å². The molecule has 0 aliphatic carbocycles. The van der Waals surface area contributed by atoms with E-state index in [-0.39, 0.29) is 29.7 Å². The van der Waals surface area contributed by atoms with Crippen LogP contribution in [0.25, 0.3) is 0 Å². The van der Waals surface area contributed by atoms with Gasteiger partial charge in [-0.2, -0.15) is 0 Å². The molecule has 1 aromatic rings. The number of halogens is 2. The molecule has 0 bridgehead atoms. The van der Waals surface area contributed by atoms with E-state index in [9.17, 15) is 8.42 Å². The summed E-state index contributed by atoms with van der Waals surface area (Å²) in [6.45, 7) is 3.13. The van der Waals surface area contributed by atoms with E-state index in [1.54, 1.807) is 14.0 Å². The van der Waals surface area contributed by atoms with Crippen LogP contribution in [0.4, 0.5) is 0 Å². The lowest BCUT2D eigenvalue weighted by atomic mass is 10.1. The predicted molar refractivity (Wildman–Crippen MR) is 107 cm³/mol. The normalized spacial score (nSPS) is 11.7. The van der Waals surface area contributed by atoms with Gasteiger partial charge in [0.2, 0.25) is 10.0 Å². The monoisotopic (exact) mass is 474 g/mol. The molecule has 0 aliphatic rings. The molecule has 0 saturated heterocycles. The fraction of sp³-hybridized carbons (Fsp3) is 0.500. The Labute approximate surface area is 160 Å². The summed E-state index contributed by atoms with van der Waals surface area (Å²) in [5, 5.41) is 6.95. The highest BCUT2D eigenvalue weighted by Gasteiger charge is 2.04. The number of nitrogens with zero attached hydrogens (tertiary/aromatic N) is 1. The zero-order valence-electron chi connectivity index (χ0n) is 13.3. The van der Waals surface area contributed by atoms with E-state index >= 15 is 0 Å². The van der Waals surface area contributed by atoms with Crippen LogP contribution in [-0.2, 0) is 16.4 Å². The summed E-state index contributed by atoms with van der Waals surface area (Å²) >= 11 is 5.84. The van der Waals surface area contributed by atoms with Gasteiger partial charge in [-0.25, -0.2) is 13.1 Å². The molecule has 23 heavy (non-hydrogen) atoms. The van der Waals surface area contributed by atoms with Crippen LogP contribution in [0.15, 0.2) is 29.3 Å². The first-order valence-electron chi connectivity index (χ1n) is 7.13. The molecule has 0 aromatic heterocycles. The summed E-state index contributed by atoms with van der Waals surface area (Å²) in [6, 6.07) is 7.70. The number of hydrogen-bond donors (Lipinski definition) is 3. The minimum absolute atomic E-state index is 0. The molecule has 1 rings (SSSR count). The maximum atomic E-state index is 11.3. The fourth-order valence-electron chi connectivity index (χ4n) is 1.69. The molecule has 0 spiro atoms. The zero-order valence-corrected chi connectivity index (χ0v) is 17.2. The van der Waals surface area contributed by atoms with Gasteiger partial charge < -0.3 is 10.6 Å². The summed E-state index contributed by atoms with van der Waals surface area (Å²) in [6.07, 6.45) is 0.848. The number of sulfonamides is 1. The van der Waals surface area contributed by atoms with Crippen LogP contribution in [0.5, 0.6) is 0 Å². The van der Waals surface area contributed by atoms with Crippen molar-refractivity contribution < 1.29 is 8.42 Å². The van der Waals surface area contributed by atoms with Gasteiger partial charge in [0.1, 0.15) is 0 Å². The van der Waals surface area contributed by atoms with E-state index in [1.165, 1.54) is 5.56 Å². The molecule has 9 heteroatoms. The van der Waals surface area contributed by atoms with Crippen LogP contribution in [0.1, 0.15) is 12.5 Å². The predicted octanol–water partition coefficient (Wildman–Crippen LogP) is 1.60. The van der Waals surface area contributed by atoms with Gasteiger partial charge in [0.15, 0.2) is 5.96 Å². The molecule has 0 radical (unpaired) electrons. The molecule has 6 nitrogen and oxygen atoms in total. The van der Waals surface area contributed by atoms with Gasteiger partial charge in [0.05, 0.1) is 5.75 Å². The summed E-state index contributed by atoms with van der Waals surface area (Å²) in [5.41, 5.74) is 1.18. The van der Waals surface area contributed by atoms with Crippen LogP contribution >= 0.6 is 35.6 Å². The number of nitrogens with one attached hydrogen (secondary N) is 3. The second-order valence-electron chi connectivity index (χ2n) is 4.60. The SMILES string of the molecule is CCS(=O)(=O)NCCNC(=NC)NCCc1ccc(Cl)cc1.I. The average Bonchev–Trinajstić information content (AvgIpc) is 2.51. The first-order valence-corrected chi connectivity index (χ1v) is 9.16. The van der Waals surface area contributed by atoms with Crippen LogP contribution in [0, 0.1) is 0 Å². The van der Waals surface area contributed by atoms with Crippen molar-refractivity contribution in [2.24, 2.45) is 4.99 Å². The number of hydrogen-bond acceptors (Lipinski definition) is 3. The average molecular weight is 475 g/mol. The van der Waals surface area contributed by atoms with Crippen LogP contribution < -0.4 is 15.4 Å². The van der Waals surface area contributed by atoms with Crippen molar-refractivity contribution in [1.29, 1.82) is 0 Å². The Balaban J connectivity index is 0.00000484. The Morgan fingerprint density at radius 1 is 1.13 bits per heavy atom. The molecule has 0 unspecified atom stereocenters. The lowest BCUT2D eigenvalue weighted by Crippen LogP contribution is -2.42. The lowest BCUT2D eigenvalue weighted by molar-refractivity contribution is 0.582. The van der Waals surface area contributed by atoms with Crippen molar-refractivity contribution in [1.82, 2.24) is 15.4 Å². The number of guanidine groups is 1. The largest absolute Gasteiger partial charge is 0.356 e. The Hall–Kier alpha value is -0.580. The molecule has 1 aromatic carbocycles. The maximum Gasteiger partial charge on any atom is 0.211 e. The molecule has 0 saturated carbocycles. The Morgan fingerprint density at radius 3 is 2.30 bits per heavy atom. The molecule has 0 heterocycles. The van der Waals surface area contributed by atoms with E-state index in [4.69, 9.17) is 11.6 Å². The van der Waals surface area contributed by atoms with E-state index < -0.39 is 10.0 Å². The molecule has 0 amide bonds. The number of rotatable bonds is 8. The number of aliphatic imine (C=N–C) groups is 1. The van der Waals surface area contributed by atoms with E-state index in [0.717, 1.165) is 18.0 Å². The maximum absolute atomic E-state index is 11.3. The van der Waals surface area contributed by atoms with Gasteiger partial charge >= 0.3 is 0 Å². The standard InChI is InChI=1S/C14H23ClN4O2S.HI/c1-3-22(20,21)19-11-10-18-14(16-2)17-9-8-12-4-6-13(15)7-5-12;/h4-7,19H,3,8-11H2,1-2H3,(H2,16,17,18);1H. The third kappa shape index (κ3) is 10.0. The van der Waals surface area contributed by atoms with Gasteiger partial charge in [0, 0.05) is 31.7 Å². The fourth-order valence-corrected chi connectivity index (χ4v) is 2.43. The topological polar surface area (TPSA) is 82.6 Å². The minimum Gasteiger partial charge on any atom is -0.356 e. The lowest BCUT2D eigenvalue weighted by Gasteiger charge is -2.12. The first-order chi connectivity index (χ1) is 10.5. The van der Waals surface area contributed by atoms with E-state index in [2.05, 4.69) is 20.3 Å². The Morgan fingerprint density at radius 2 is 1.74 bits per heavy atom. The van der Waals surface area contributed by atoms with Crippen LogP contribution in [0.2, 0.25) is 5.02 Å². The Bertz CT molecular complexity index is 579. The van der Waals surface area contributed by atoms with Gasteiger partial charge in [-0.1, -0.05) is 23.7 Å². The van der Waals surface area contributed by atoms with Crippen molar-refractivity contribution in [3.8, 4) is 0 Å². The van der Waals surface area contributed by atoms with Gasteiger partial charge in [0.25, 0.3) is 0 Å². The van der Waals surface area contributed by atoms with E-state index in [0.29, 0.717) is 19.0 Å². The van der Waals surface area contributed by atoms with Crippen molar-refractivity contribution >= 4 is 51.6 Å². The molecule has 0 aliphatic heterocycles. The molecular weight excluding hydrogens is 451 g/mol. The number of benzene rings is 1. The molecule has 3 N–H and O–H groups in total. The summed E-state index contributed by atoms with van der Waals surface area (Å²) in [7, 11) is -1.47. The second-order valence-corrected chi connectivity index (χ2v) is 7.13. The quantitative estimate of drug-likeness (QED) is 0.231. The van der Waals surface area contributed by atoms with Crippen LogP contribution in [-0.4, -0.2) is 46.8 Å². The third-order valence-corrected chi connectivity index (χ3v) is 4.62. The Kier molecular flexibility index (Phi) is 11.6. The summed E-state index contributed by atoms with van der Waals surface area (Å²) in [5.74, 6) is 0.728. The highest BCUT2D eigenvalue weighted by molar-refractivity contribution is 14.0. The molecular formula is C14H24ClIN4O2S. The molecule has 132 valence electrons. The highest BCUT2D eigenvalue weighted by Crippen LogP contribution is 2.09. The van der Waals surface area contributed by atoms with Crippen molar-refractivity contribution in [3.05, 3.63) is 34.9 Å². The van der Waals surface area contributed by atoms with Gasteiger partial charge in [-0.3, -0.25) is 4.99 Å². The molecule has 0 fully saturated rings. The highest BCUT2D eigenvalue weighted by atomic mass is 127. The zero-order chi connectivity index (χ0) is 16.4.